The number of hydrogen-bond acceptors (Lipinski definition) is 4. The second-order valence-corrected chi connectivity index (χ2v) is 5.13. The minimum absolute atomic E-state index is 0.00309. The molecule has 1 saturated carbocycles. The lowest BCUT2D eigenvalue weighted by molar-refractivity contribution is -0.324. The van der Waals surface area contributed by atoms with Crippen molar-refractivity contribution in [3.63, 3.8) is 0 Å². The van der Waals surface area contributed by atoms with E-state index in [0.717, 1.165) is 0 Å². The molecule has 0 aromatic heterocycles. The molecule has 0 unspecified atom stereocenters. The molecule has 0 aromatic rings. The Hall–Kier alpha value is -0.890. The van der Waals surface area contributed by atoms with Crippen LogP contribution in [0.3, 0.4) is 0 Å². The van der Waals surface area contributed by atoms with Crippen molar-refractivity contribution in [2.45, 2.75) is 44.5 Å². The molecule has 0 atom stereocenters. The van der Waals surface area contributed by atoms with Gasteiger partial charge >= 0.3 is 18.6 Å². The predicted molar refractivity (Wildman–Crippen MR) is 58.2 cm³/mol. The minimum atomic E-state index is -5.07. The molecule has 2 rings (SSSR count). The first-order valence-corrected chi connectivity index (χ1v) is 6.51. The van der Waals surface area contributed by atoms with Gasteiger partial charge in [-0.05, 0) is 31.6 Å². The first-order valence-electron chi connectivity index (χ1n) is 6.51. The van der Waals surface area contributed by atoms with Gasteiger partial charge in [-0.3, -0.25) is 0 Å². The molecule has 4 nitrogen and oxygen atoms in total. The first-order chi connectivity index (χ1) is 9.36. The molecule has 0 aromatic carbocycles. The Morgan fingerprint density at radius 2 is 1.55 bits per heavy atom. The van der Waals surface area contributed by atoms with E-state index in [1.807, 2.05) is 0 Å². The van der Waals surface area contributed by atoms with Crippen LogP contribution in [0.1, 0.15) is 25.7 Å². The van der Waals surface area contributed by atoms with E-state index in [1.54, 1.807) is 0 Å². The highest BCUT2D eigenvalue weighted by atomic mass is 19.4. The van der Waals surface area contributed by atoms with Gasteiger partial charge in [0.25, 0.3) is 0 Å². The molecule has 0 spiro atoms. The number of ether oxygens (including phenoxy) is 3. The van der Waals surface area contributed by atoms with E-state index < -0.39 is 24.8 Å². The number of esters is 1. The van der Waals surface area contributed by atoms with E-state index in [1.165, 1.54) is 0 Å². The number of rotatable bonds is 2. The SMILES string of the molecule is O=C(OC1OCC(C2CCC(F)CC2)CO1)C(F)(F)F. The average molecular weight is 300 g/mol. The van der Waals surface area contributed by atoms with Crippen LogP contribution in [0.5, 0.6) is 0 Å². The molecule has 2 aliphatic rings. The third-order valence-electron chi connectivity index (χ3n) is 3.70. The predicted octanol–water partition coefficient (Wildman–Crippen LogP) is 2.57. The molecule has 0 bridgehead atoms. The fourth-order valence-corrected chi connectivity index (χ4v) is 2.54. The zero-order valence-electron chi connectivity index (χ0n) is 10.7. The van der Waals surface area contributed by atoms with Crippen LogP contribution < -0.4 is 0 Å². The van der Waals surface area contributed by atoms with Crippen molar-refractivity contribution in [1.82, 2.24) is 0 Å². The van der Waals surface area contributed by atoms with Crippen molar-refractivity contribution >= 4 is 5.97 Å². The standard InChI is InChI=1S/C12H16F4O4/c13-9-3-1-7(2-4-9)8-5-18-11(19-6-8)20-10(17)12(14,15)16/h7-9,11H,1-6H2. The number of carbonyl (C=O) groups is 1. The average Bonchev–Trinajstić information content (AvgIpc) is 2.39. The highest BCUT2D eigenvalue weighted by molar-refractivity contribution is 5.75. The Kier molecular flexibility index (Phi) is 4.85. The van der Waals surface area contributed by atoms with Crippen molar-refractivity contribution in [1.29, 1.82) is 0 Å². The zero-order chi connectivity index (χ0) is 14.8. The van der Waals surface area contributed by atoms with Gasteiger partial charge in [0, 0.05) is 5.92 Å². The second-order valence-electron chi connectivity index (χ2n) is 5.13. The summed E-state index contributed by atoms with van der Waals surface area (Å²) < 4.78 is 63.0. The summed E-state index contributed by atoms with van der Waals surface area (Å²) in [6.07, 6.45) is -3.42. The number of halogens is 4. The molecule has 1 aliphatic heterocycles. The lowest BCUT2D eigenvalue weighted by Crippen LogP contribution is -2.41. The van der Waals surface area contributed by atoms with Crippen LogP contribution in [0.4, 0.5) is 17.6 Å². The van der Waals surface area contributed by atoms with E-state index in [-0.39, 0.29) is 25.0 Å². The maximum Gasteiger partial charge on any atom is 0.491 e. The Morgan fingerprint density at radius 3 is 2.05 bits per heavy atom. The summed E-state index contributed by atoms with van der Waals surface area (Å²) in [6.45, 7) is -1.31. The molecule has 8 heteroatoms. The highest BCUT2D eigenvalue weighted by Crippen LogP contribution is 2.34. The van der Waals surface area contributed by atoms with Crippen molar-refractivity contribution in [3.05, 3.63) is 0 Å². The van der Waals surface area contributed by atoms with Crippen LogP contribution in [-0.2, 0) is 19.0 Å². The molecular weight excluding hydrogens is 284 g/mol. The van der Waals surface area contributed by atoms with Gasteiger partial charge in [0.1, 0.15) is 6.17 Å². The molecule has 0 amide bonds. The summed E-state index contributed by atoms with van der Waals surface area (Å²) in [5.74, 6) is -2.09. The van der Waals surface area contributed by atoms with Gasteiger partial charge in [0.05, 0.1) is 13.2 Å². The summed E-state index contributed by atoms with van der Waals surface area (Å²) in [4.78, 5) is 10.6. The molecule has 1 heterocycles. The van der Waals surface area contributed by atoms with Gasteiger partial charge in [-0.1, -0.05) is 0 Å². The van der Waals surface area contributed by atoms with Crippen LogP contribution in [0.2, 0.25) is 0 Å². The van der Waals surface area contributed by atoms with E-state index in [0.29, 0.717) is 25.7 Å². The topological polar surface area (TPSA) is 44.8 Å². The van der Waals surface area contributed by atoms with Crippen LogP contribution >= 0.6 is 0 Å². The van der Waals surface area contributed by atoms with E-state index in [2.05, 4.69) is 4.74 Å². The van der Waals surface area contributed by atoms with Crippen molar-refractivity contribution < 1.29 is 36.6 Å². The van der Waals surface area contributed by atoms with Crippen LogP contribution in [-0.4, -0.2) is 38.0 Å². The monoisotopic (exact) mass is 300 g/mol. The van der Waals surface area contributed by atoms with Crippen molar-refractivity contribution in [2.24, 2.45) is 11.8 Å². The number of alkyl halides is 4. The van der Waals surface area contributed by atoms with Crippen LogP contribution in [0.25, 0.3) is 0 Å². The minimum Gasteiger partial charge on any atom is -0.404 e. The summed E-state index contributed by atoms with van der Waals surface area (Å²) in [5.41, 5.74) is 0. The van der Waals surface area contributed by atoms with E-state index in [9.17, 15) is 22.4 Å². The van der Waals surface area contributed by atoms with Crippen LogP contribution in [0, 0.1) is 11.8 Å². The Morgan fingerprint density at radius 1 is 1.00 bits per heavy atom. The molecule has 116 valence electrons. The summed E-state index contributed by atoms with van der Waals surface area (Å²) in [5, 5.41) is 0. The lowest BCUT2D eigenvalue weighted by Gasteiger charge is -2.35. The maximum absolute atomic E-state index is 13.0. The van der Waals surface area contributed by atoms with Gasteiger partial charge in [-0.25, -0.2) is 9.18 Å². The molecule has 2 fully saturated rings. The fraction of sp³-hybridized carbons (Fsp3) is 0.917. The van der Waals surface area contributed by atoms with E-state index in [4.69, 9.17) is 9.47 Å². The third kappa shape index (κ3) is 4.05. The summed E-state index contributed by atoms with van der Waals surface area (Å²) in [7, 11) is 0. The molecule has 1 saturated heterocycles. The molecule has 1 aliphatic carbocycles. The number of hydrogen-bond donors (Lipinski definition) is 0. The van der Waals surface area contributed by atoms with Crippen LogP contribution in [0.15, 0.2) is 0 Å². The summed E-state index contributed by atoms with van der Waals surface area (Å²) >= 11 is 0. The molecule has 0 radical (unpaired) electrons. The first kappa shape index (κ1) is 15.5. The third-order valence-corrected chi connectivity index (χ3v) is 3.70. The van der Waals surface area contributed by atoms with Crippen molar-refractivity contribution in [2.75, 3.05) is 13.2 Å². The largest absolute Gasteiger partial charge is 0.491 e. The Balaban J connectivity index is 1.74. The smallest absolute Gasteiger partial charge is 0.404 e. The molecule has 0 N–H and O–H groups in total. The number of carbonyl (C=O) groups excluding carboxylic acids is 1. The van der Waals surface area contributed by atoms with Gasteiger partial charge in [0.15, 0.2) is 0 Å². The van der Waals surface area contributed by atoms with Gasteiger partial charge in [-0.15, -0.1) is 0 Å². The fourth-order valence-electron chi connectivity index (χ4n) is 2.54. The second kappa shape index (κ2) is 6.26. The normalized spacial score (nSPS) is 35.6. The van der Waals surface area contributed by atoms with Gasteiger partial charge in [-0.2, -0.15) is 13.2 Å². The lowest BCUT2D eigenvalue weighted by atomic mass is 9.80. The Labute approximate surface area is 113 Å². The summed E-state index contributed by atoms with van der Waals surface area (Å²) in [6, 6.07) is 0. The quantitative estimate of drug-likeness (QED) is 0.581. The molecular formula is C12H16F4O4. The van der Waals surface area contributed by atoms with Gasteiger partial charge < -0.3 is 14.2 Å². The maximum atomic E-state index is 13.0. The highest BCUT2D eigenvalue weighted by Gasteiger charge is 2.43. The van der Waals surface area contributed by atoms with Crippen molar-refractivity contribution in [3.8, 4) is 0 Å². The zero-order valence-corrected chi connectivity index (χ0v) is 10.7. The Bertz CT molecular complexity index is 331. The van der Waals surface area contributed by atoms with Gasteiger partial charge in [0.2, 0.25) is 0 Å². The molecule has 20 heavy (non-hydrogen) atoms. The van der Waals surface area contributed by atoms with E-state index >= 15 is 0 Å².